The minimum Gasteiger partial charge on any atom is -0.367 e. The summed E-state index contributed by atoms with van der Waals surface area (Å²) in [5.41, 5.74) is -0.449. The maximum absolute atomic E-state index is 5.77. The lowest BCUT2D eigenvalue weighted by molar-refractivity contribution is -0.0403. The van der Waals surface area contributed by atoms with Crippen LogP contribution in [0.15, 0.2) is 4.52 Å². The summed E-state index contributed by atoms with van der Waals surface area (Å²) in [6, 6.07) is 0.392. The summed E-state index contributed by atoms with van der Waals surface area (Å²) in [7, 11) is 0. The van der Waals surface area contributed by atoms with Gasteiger partial charge in [-0.25, -0.2) is 0 Å². The van der Waals surface area contributed by atoms with Crippen LogP contribution in [0.3, 0.4) is 0 Å². The predicted molar refractivity (Wildman–Crippen MR) is 79.6 cm³/mol. The molecule has 0 radical (unpaired) electrons. The lowest BCUT2D eigenvalue weighted by Gasteiger charge is -2.23. The largest absolute Gasteiger partial charge is 0.367 e. The summed E-state index contributed by atoms with van der Waals surface area (Å²) in [6.07, 6.45) is 3.78. The van der Waals surface area contributed by atoms with Crippen LogP contribution in [0.2, 0.25) is 0 Å². The molecule has 0 aliphatic heterocycles. The minimum atomic E-state index is -0.449. The average Bonchev–Trinajstić information content (AvgIpc) is 2.92. The van der Waals surface area contributed by atoms with E-state index in [0.717, 1.165) is 32.2 Å². The first-order valence-electron chi connectivity index (χ1n) is 7.79. The fraction of sp³-hybridized carbons (Fsp3) is 0.867. The molecule has 0 fully saturated rings. The quantitative estimate of drug-likeness (QED) is 0.715. The second-order valence-electron chi connectivity index (χ2n) is 5.29. The molecule has 1 N–H and O–H groups in total. The van der Waals surface area contributed by atoms with Crippen LogP contribution in [-0.2, 0) is 16.8 Å². The molecule has 20 heavy (non-hydrogen) atoms. The van der Waals surface area contributed by atoms with Crippen molar-refractivity contribution in [2.75, 3.05) is 13.2 Å². The second-order valence-corrected chi connectivity index (χ2v) is 5.29. The van der Waals surface area contributed by atoms with Gasteiger partial charge in [-0.3, -0.25) is 0 Å². The van der Waals surface area contributed by atoms with Crippen molar-refractivity contribution in [2.45, 2.75) is 71.9 Å². The highest BCUT2D eigenvalue weighted by molar-refractivity contribution is 5.00. The van der Waals surface area contributed by atoms with Crippen molar-refractivity contribution < 1.29 is 9.26 Å². The Morgan fingerprint density at radius 1 is 1.30 bits per heavy atom. The van der Waals surface area contributed by atoms with Crippen LogP contribution < -0.4 is 5.32 Å². The van der Waals surface area contributed by atoms with Crippen molar-refractivity contribution in [3.63, 3.8) is 0 Å². The Labute approximate surface area is 122 Å². The summed E-state index contributed by atoms with van der Waals surface area (Å²) < 4.78 is 11.2. The lowest BCUT2D eigenvalue weighted by Crippen LogP contribution is -2.31. The SMILES string of the molecule is CCCNC(CC)Cc1nc(C(C)(CC)OCC)no1. The molecule has 2 unspecified atom stereocenters. The maximum Gasteiger partial charge on any atom is 0.228 e. The predicted octanol–water partition coefficient (Wildman–Crippen LogP) is 3.05. The van der Waals surface area contributed by atoms with Gasteiger partial charge in [0.1, 0.15) is 5.60 Å². The number of nitrogens with zero attached hydrogens (tertiary/aromatic N) is 2. The van der Waals surface area contributed by atoms with Crippen molar-refractivity contribution in [2.24, 2.45) is 0 Å². The van der Waals surface area contributed by atoms with E-state index >= 15 is 0 Å². The van der Waals surface area contributed by atoms with E-state index in [2.05, 4.69) is 36.2 Å². The van der Waals surface area contributed by atoms with E-state index in [1.807, 2.05) is 13.8 Å². The van der Waals surface area contributed by atoms with E-state index in [4.69, 9.17) is 9.26 Å². The van der Waals surface area contributed by atoms with Gasteiger partial charge >= 0.3 is 0 Å². The van der Waals surface area contributed by atoms with Crippen molar-refractivity contribution in [3.8, 4) is 0 Å². The highest BCUT2D eigenvalue weighted by Gasteiger charge is 2.31. The third kappa shape index (κ3) is 4.56. The van der Waals surface area contributed by atoms with Gasteiger partial charge in [0.15, 0.2) is 0 Å². The number of aromatic nitrogens is 2. The normalized spacial score (nSPS) is 16.1. The van der Waals surface area contributed by atoms with Crippen LogP contribution in [0.5, 0.6) is 0 Å². The smallest absolute Gasteiger partial charge is 0.228 e. The van der Waals surface area contributed by atoms with Crippen molar-refractivity contribution in [3.05, 3.63) is 11.7 Å². The van der Waals surface area contributed by atoms with Gasteiger partial charge in [-0.2, -0.15) is 4.98 Å². The molecule has 1 aromatic rings. The molecule has 0 spiro atoms. The molecule has 116 valence electrons. The van der Waals surface area contributed by atoms with Crippen LogP contribution >= 0.6 is 0 Å². The summed E-state index contributed by atoms with van der Waals surface area (Å²) in [4.78, 5) is 4.52. The number of ether oxygens (including phenoxy) is 1. The first-order valence-corrected chi connectivity index (χ1v) is 7.79. The molecule has 1 aromatic heterocycles. The Bertz CT molecular complexity index is 381. The molecule has 1 rings (SSSR count). The van der Waals surface area contributed by atoms with Gasteiger partial charge in [0, 0.05) is 19.1 Å². The monoisotopic (exact) mass is 283 g/mol. The molecule has 0 aromatic carbocycles. The molecule has 1 heterocycles. The first kappa shape index (κ1) is 17.1. The Morgan fingerprint density at radius 3 is 2.60 bits per heavy atom. The minimum absolute atomic E-state index is 0.392. The summed E-state index contributed by atoms with van der Waals surface area (Å²) in [5, 5.41) is 7.60. The van der Waals surface area contributed by atoms with Gasteiger partial charge in [-0.15, -0.1) is 0 Å². The summed E-state index contributed by atoms with van der Waals surface area (Å²) in [6.45, 7) is 12.1. The average molecular weight is 283 g/mol. The molecule has 0 saturated carbocycles. The molecule has 0 bridgehead atoms. The fourth-order valence-corrected chi connectivity index (χ4v) is 2.12. The standard InChI is InChI=1S/C15H29N3O2/c1-6-10-16-12(7-2)11-13-17-14(18-20-13)15(5,8-3)19-9-4/h12,16H,6-11H2,1-5H3. The summed E-state index contributed by atoms with van der Waals surface area (Å²) in [5.74, 6) is 1.34. The van der Waals surface area contributed by atoms with E-state index in [1.165, 1.54) is 0 Å². The highest BCUT2D eigenvalue weighted by Crippen LogP contribution is 2.26. The van der Waals surface area contributed by atoms with Crippen LogP contribution in [0, 0.1) is 0 Å². The number of rotatable bonds is 10. The number of nitrogens with one attached hydrogen (secondary N) is 1. The van der Waals surface area contributed by atoms with Gasteiger partial charge in [0.2, 0.25) is 11.7 Å². The Balaban J connectivity index is 2.70. The van der Waals surface area contributed by atoms with Crippen molar-refractivity contribution >= 4 is 0 Å². The topological polar surface area (TPSA) is 60.2 Å². The fourth-order valence-electron chi connectivity index (χ4n) is 2.12. The van der Waals surface area contributed by atoms with E-state index in [1.54, 1.807) is 0 Å². The van der Waals surface area contributed by atoms with Crippen molar-refractivity contribution in [1.82, 2.24) is 15.5 Å². The number of hydrogen-bond donors (Lipinski definition) is 1. The van der Waals surface area contributed by atoms with Gasteiger partial charge in [-0.05, 0) is 39.7 Å². The van der Waals surface area contributed by atoms with E-state index < -0.39 is 5.60 Å². The van der Waals surface area contributed by atoms with Crippen LogP contribution in [0.1, 0.15) is 65.6 Å². The first-order chi connectivity index (χ1) is 9.59. The zero-order chi connectivity index (χ0) is 15.0. The molecule has 0 aliphatic carbocycles. The molecule has 0 saturated heterocycles. The third-order valence-corrected chi connectivity index (χ3v) is 3.68. The van der Waals surface area contributed by atoms with Gasteiger partial charge in [0.25, 0.3) is 0 Å². The zero-order valence-corrected chi connectivity index (χ0v) is 13.5. The molecular weight excluding hydrogens is 254 g/mol. The molecular formula is C15H29N3O2. The molecule has 0 aliphatic rings. The summed E-state index contributed by atoms with van der Waals surface area (Å²) >= 11 is 0. The Morgan fingerprint density at radius 2 is 2.05 bits per heavy atom. The van der Waals surface area contributed by atoms with Crippen LogP contribution in [0.25, 0.3) is 0 Å². The van der Waals surface area contributed by atoms with Crippen molar-refractivity contribution in [1.29, 1.82) is 0 Å². The third-order valence-electron chi connectivity index (χ3n) is 3.68. The van der Waals surface area contributed by atoms with Gasteiger partial charge in [-0.1, -0.05) is 25.9 Å². The zero-order valence-electron chi connectivity index (χ0n) is 13.5. The van der Waals surface area contributed by atoms with Crippen LogP contribution in [0.4, 0.5) is 0 Å². The highest BCUT2D eigenvalue weighted by atomic mass is 16.5. The van der Waals surface area contributed by atoms with E-state index in [9.17, 15) is 0 Å². The Kier molecular flexibility index (Phi) is 7.16. The lowest BCUT2D eigenvalue weighted by atomic mass is 10.0. The molecule has 5 heteroatoms. The molecule has 5 nitrogen and oxygen atoms in total. The Hall–Kier alpha value is -0.940. The van der Waals surface area contributed by atoms with Gasteiger partial charge < -0.3 is 14.6 Å². The van der Waals surface area contributed by atoms with E-state index in [0.29, 0.717) is 24.4 Å². The maximum atomic E-state index is 5.77. The van der Waals surface area contributed by atoms with Crippen LogP contribution in [-0.4, -0.2) is 29.3 Å². The van der Waals surface area contributed by atoms with Gasteiger partial charge in [0.05, 0.1) is 0 Å². The molecule has 0 amide bonds. The second kappa shape index (κ2) is 8.37. The molecule has 2 atom stereocenters. The van der Waals surface area contributed by atoms with E-state index in [-0.39, 0.29) is 0 Å². The number of hydrogen-bond acceptors (Lipinski definition) is 5.